The maximum absolute atomic E-state index is 15.3. The van der Waals surface area contributed by atoms with Crippen LogP contribution in [-0.2, 0) is 63.9 Å². The molecule has 0 spiro atoms. The fourth-order valence-corrected chi connectivity index (χ4v) is 11.4. The van der Waals surface area contributed by atoms with E-state index in [0.29, 0.717) is 37.0 Å². The number of piperidine rings is 1. The molecule has 0 aromatic heterocycles. The van der Waals surface area contributed by atoms with Gasteiger partial charge in [0.05, 0.1) is 32.7 Å². The first-order valence-corrected chi connectivity index (χ1v) is 30.5. The molecule has 3 rings (SSSR count). The first-order valence-electron chi connectivity index (χ1n) is 30.5. The van der Waals surface area contributed by atoms with Crippen LogP contribution in [0.5, 0.6) is 5.75 Å². The highest BCUT2D eigenvalue weighted by Gasteiger charge is 2.46. The number of amides is 10. The Kier molecular flexibility index (Phi) is 28.4. The number of nitrogens with zero attached hydrogens (tertiary/aromatic N) is 6. The van der Waals surface area contributed by atoms with Gasteiger partial charge in [0.25, 0.3) is 5.91 Å². The fourth-order valence-electron chi connectivity index (χ4n) is 11.4. The zero-order valence-corrected chi connectivity index (χ0v) is 54.6. The van der Waals surface area contributed by atoms with Crippen LogP contribution in [0, 0.1) is 35.5 Å². The predicted molar refractivity (Wildman–Crippen MR) is 323 cm³/mol. The SMILES string of the molecule is CC[C@H](C)[C@H]1C(=O)NCC(=O)N(C)[C@@H](C(C)C)C(=O)N[C@@H](Cc2ccc(OC)cc2)C(=O)O[C@@H](C)C(=O)N2CCCC[C@H]2C(=O)N(C)[C@@H](C(C)C)C(=O)N[C@@H](C(C)C)C(=O)N(C)[C@@H](CC(=O)N[C@H](CO)C(C)C)C(=O)N(C)[C@@H]([C@@H](C)CC)C(=O)N1C. The third-order valence-electron chi connectivity index (χ3n) is 17.2. The van der Waals surface area contributed by atoms with Crippen molar-refractivity contribution in [2.24, 2.45) is 35.5 Å². The second-order valence-corrected chi connectivity index (χ2v) is 24.8. The van der Waals surface area contributed by atoms with E-state index in [1.54, 1.807) is 93.5 Å². The third kappa shape index (κ3) is 18.6. The molecule has 12 atom stereocenters. The van der Waals surface area contributed by atoms with E-state index >= 15 is 14.4 Å². The number of benzene rings is 1. The standard InChI is InChI=1S/C62H102N10O14/c1-20-38(11)52-54(76)63-32-48(75)68(15)50(36(7)8)55(77)65-43(30-41-25-27-42(85-19)28-26-41)62(84)86-40(13)57(79)72-29-23-22-24-45(72)58(80)69(16)51(37(9)10)56(78)66-49(35(5)6)60(82)67(14)46(31-47(74)64-44(33-73)34(3)4)59(81)71(18)53(39(12)21-2)61(83)70(52)17/h25-28,34-40,43-46,49-53,73H,20-24,29-33H2,1-19H3,(H,63,76)(H,64,74)(H,65,77)(H,66,78)/t38-,39-,40-,43-,44+,45-,46-,49-,50-,51-,52-,53-/m0/s1. The molecule has 5 N–H and O–H groups in total. The maximum atomic E-state index is 15.3. The first kappa shape index (κ1) is 73.4. The zero-order chi connectivity index (χ0) is 65.3. The number of nitrogens with one attached hydrogen (secondary N) is 4. The molecule has 0 unspecified atom stereocenters. The number of carbonyl (C=O) groups excluding carboxylic acids is 11. The van der Waals surface area contributed by atoms with Gasteiger partial charge in [0.2, 0.25) is 53.2 Å². The largest absolute Gasteiger partial charge is 0.497 e. The molecule has 2 aliphatic heterocycles. The highest BCUT2D eigenvalue weighted by Crippen LogP contribution is 2.27. The highest BCUT2D eigenvalue weighted by atomic mass is 16.5. The summed E-state index contributed by atoms with van der Waals surface area (Å²) in [5, 5.41) is 21.2. The van der Waals surface area contributed by atoms with Gasteiger partial charge in [-0.25, -0.2) is 4.79 Å². The minimum atomic E-state index is -1.60. The van der Waals surface area contributed by atoms with E-state index in [1.165, 1.54) is 68.9 Å². The Morgan fingerprint density at radius 1 is 0.651 bits per heavy atom. The molecule has 0 saturated carbocycles. The van der Waals surface area contributed by atoms with E-state index in [2.05, 4.69) is 21.3 Å². The molecular weight excluding hydrogens is 1110 g/mol. The van der Waals surface area contributed by atoms with E-state index in [-0.39, 0.29) is 25.3 Å². The van der Waals surface area contributed by atoms with Gasteiger partial charge in [-0.1, -0.05) is 108 Å². The number of carbonyl (C=O) groups is 11. The van der Waals surface area contributed by atoms with Crippen molar-refractivity contribution >= 4 is 65.0 Å². The summed E-state index contributed by atoms with van der Waals surface area (Å²) in [6, 6.07) is -4.38. The highest BCUT2D eigenvalue weighted by molar-refractivity contribution is 6.00. The quantitative estimate of drug-likeness (QED) is 0.158. The van der Waals surface area contributed by atoms with Crippen LogP contribution >= 0.6 is 0 Å². The second kappa shape index (κ2) is 33.3. The van der Waals surface area contributed by atoms with Gasteiger partial charge in [-0.15, -0.1) is 0 Å². The molecule has 0 aliphatic carbocycles. The molecule has 10 amide bonds. The van der Waals surface area contributed by atoms with E-state index in [1.807, 2.05) is 13.8 Å². The summed E-state index contributed by atoms with van der Waals surface area (Å²) in [6.45, 7) is 21.3. The second-order valence-electron chi connectivity index (χ2n) is 24.8. The normalized spacial score (nSPS) is 26.1. The number of cyclic esters (lactones) is 1. The Morgan fingerprint density at radius 2 is 1.19 bits per heavy atom. The molecule has 0 bridgehead atoms. The van der Waals surface area contributed by atoms with Gasteiger partial charge in [-0.3, -0.25) is 47.9 Å². The van der Waals surface area contributed by atoms with Crippen molar-refractivity contribution in [3.8, 4) is 5.75 Å². The Balaban J connectivity index is 2.32. The molecule has 86 heavy (non-hydrogen) atoms. The van der Waals surface area contributed by atoms with Gasteiger partial charge in [0, 0.05) is 48.2 Å². The van der Waals surface area contributed by atoms with Gasteiger partial charge in [0.15, 0.2) is 6.10 Å². The number of likely N-dealkylation sites (N-methyl/N-ethyl adjacent to an activating group) is 5. The average Bonchev–Trinajstić information content (AvgIpc) is 1.39. The molecule has 1 aromatic rings. The third-order valence-corrected chi connectivity index (χ3v) is 17.2. The van der Waals surface area contributed by atoms with E-state index in [0.717, 1.165) is 9.80 Å². The Bertz CT molecular complexity index is 2530. The van der Waals surface area contributed by atoms with Crippen molar-refractivity contribution in [2.45, 2.75) is 195 Å². The van der Waals surface area contributed by atoms with Crippen LogP contribution in [0.25, 0.3) is 0 Å². The Morgan fingerprint density at radius 3 is 1.71 bits per heavy atom. The molecule has 1 aromatic carbocycles. The zero-order valence-electron chi connectivity index (χ0n) is 54.6. The van der Waals surface area contributed by atoms with E-state index in [9.17, 15) is 43.5 Å². The van der Waals surface area contributed by atoms with Crippen LogP contribution < -0.4 is 26.0 Å². The molecule has 0 radical (unpaired) electrons. The summed E-state index contributed by atoms with van der Waals surface area (Å²) in [6.07, 6.45) is -0.230. The average molecular weight is 1210 g/mol. The summed E-state index contributed by atoms with van der Waals surface area (Å²) >= 11 is 0. The maximum Gasteiger partial charge on any atom is 0.329 e. The number of esters is 1. The van der Waals surface area contributed by atoms with Crippen molar-refractivity contribution in [3.63, 3.8) is 0 Å². The van der Waals surface area contributed by atoms with Crippen LogP contribution in [0.15, 0.2) is 24.3 Å². The van der Waals surface area contributed by atoms with Crippen molar-refractivity contribution in [1.82, 2.24) is 50.7 Å². The lowest BCUT2D eigenvalue weighted by atomic mass is 9.92. The predicted octanol–water partition coefficient (Wildman–Crippen LogP) is 2.37. The fraction of sp³-hybridized carbons (Fsp3) is 0.726. The lowest BCUT2D eigenvalue weighted by Crippen LogP contribution is -2.63. The molecule has 2 saturated heterocycles. The number of ether oxygens (including phenoxy) is 2. The summed E-state index contributed by atoms with van der Waals surface area (Å²) < 4.78 is 11.2. The molecule has 2 fully saturated rings. The monoisotopic (exact) mass is 1210 g/mol. The topological polar surface area (TPSA) is 294 Å². The van der Waals surface area contributed by atoms with Gasteiger partial charge in [-0.2, -0.15) is 0 Å². The number of fused-ring (bicyclic) bond motifs is 1. The molecule has 484 valence electrons. The van der Waals surface area contributed by atoms with Gasteiger partial charge >= 0.3 is 5.97 Å². The van der Waals surface area contributed by atoms with Gasteiger partial charge < -0.3 is 65.2 Å². The lowest BCUT2D eigenvalue weighted by Gasteiger charge is -2.41. The minimum absolute atomic E-state index is 0.106. The molecular formula is C62H102N10O14. The van der Waals surface area contributed by atoms with Crippen LogP contribution in [0.2, 0.25) is 0 Å². The number of rotatable bonds is 15. The number of aliphatic hydroxyl groups is 1. The van der Waals surface area contributed by atoms with Gasteiger partial charge in [0.1, 0.15) is 54.1 Å². The number of methoxy groups -OCH3 is 1. The number of hydrogen-bond acceptors (Lipinski definition) is 14. The van der Waals surface area contributed by atoms with Crippen molar-refractivity contribution in [2.75, 3.05) is 62.0 Å². The summed E-state index contributed by atoms with van der Waals surface area (Å²) in [5.74, 6) is -10.7. The van der Waals surface area contributed by atoms with Crippen LogP contribution in [0.1, 0.15) is 134 Å². The molecule has 2 heterocycles. The number of aliphatic hydroxyl groups excluding tert-OH is 1. The number of hydrogen-bond donors (Lipinski definition) is 5. The van der Waals surface area contributed by atoms with Crippen LogP contribution in [0.3, 0.4) is 0 Å². The van der Waals surface area contributed by atoms with Crippen molar-refractivity contribution in [1.29, 1.82) is 0 Å². The van der Waals surface area contributed by atoms with Crippen LogP contribution in [-0.4, -0.2) is 222 Å². The Hall–Kier alpha value is -6.85. The Labute approximate surface area is 509 Å². The smallest absolute Gasteiger partial charge is 0.329 e. The summed E-state index contributed by atoms with van der Waals surface area (Å²) in [5.41, 5.74) is 0.582. The summed E-state index contributed by atoms with van der Waals surface area (Å²) in [7, 11) is 8.42. The van der Waals surface area contributed by atoms with Crippen LogP contribution in [0.4, 0.5) is 0 Å². The van der Waals surface area contributed by atoms with E-state index in [4.69, 9.17) is 9.47 Å². The van der Waals surface area contributed by atoms with E-state index < -0.39 is 175 Å². The molecule has 24 nitrogen and oxygen atoms in total. The minimum Gasteiger partial charge on any atom is -0.497 e. The lowest BCUT2D eigenvalue weighted by molar-refractivity contribution is -0.165. The van der Waals surface area contributed by atoms with Gasteiger partial charge in [-0.05, 0) is 79.4 Å². The molecule has 24 heteroatoms. The summed E-state index contributed by atoms with van der Waals surface area (Å²) in [4.78, 5) is 169. The first-order chi connectivity index (χ1) is 40.2. The van der Waals surface area contributed by atoms with Crippen molar-refractivity contribution in [3.05, 3.63) is 29.8 Å². The van der Waals surface area contributed by atoms with Crippen molar-refractivity contribution < 1.29 is 67.3 Å². The molecule has 2 aliphatic rings.